The molecule has 0 spiro atoms. The number of ether oxygens (including phenoxy) is 2. The standard InChI is InChI=1S/C17H19ClF3NO5/c1-16(2,3)27-15(25)22-8-10(7-12(22)14(23)24)26-13-6-9(17(19,20)21)4-5-11(13)18/h4-6,10,12H,7-8H2,1-3H3,(H,23,24)/t10-,12+/m1/s1. The molecule has 1 aromatic rings. The molecule has 1 saturated heterocycles. The van der Waals surface area contributed by atoms with Gasteiger partial charge in [-0.25, -0.2) is 9.59 Å². The topological polar surface area (TPSA) is 76.1 Å². The Morgan fingerprint density at radius 1 is 1.26 bits per heavy atom. The summed E-state index contributed by atoms with van der Waals surface area (Å²) in [5, 5.41) is 9.29. The van der Waals surface area contributed by atoms with E-state index in [2.05, 4.69) is 0 Å². The van der Waals surface area contributed by atoms with E-state index in [0.717, 1.165) is 23.1 Å². The quantitative estimate of drug-likeness (QED) is 0.809. The van der Waals surface area contributed by atoms with Crippen LogP contribution in [-0.2, 0) is 15.7 Å². The summed E-state index contributed by atoms with van der Waals surface area (Å²) in [5.74, 6) is -1.49. The van der Waals surface area contributed by atoms with Gasteiger partial charge < -0.3 is 14.6 Å². The molecule has 1 aromatic carbocycles. The number of likely N-dealkylation sites (tertiary alicyclic amines) is 1. The van der Waals surface area contributed by atoms with Crippen molar-refractivity contribution in [3.8, 4) is 5.75 Å². The minimum absolute atomic E-state index is 0.0504. The van der Waals surface area contributed by atoms with Crippen LogP contribution in [0.4, 0.5) is 18.0 Å². The number of benzene rings is 1. The smallest absolute Gasteiger partial charge is 0.416 e. The Balaban J connectivity index is 2.19. The summed E-state index contributed by atoms with van der Waals surface area (Å²) in [6.45, 7) is 4.74. The van der Waals surface area contributed by atoms with Crippen LogP contribution in [0.3, 0.4) is 0 Å². The van der Waals surface area contributed by atoms with E-state index in [4.69, 9.17) is 21.1 Å². The molecule has 27 heavy (non-hydrogen) atoms. The number of aliphatic carboxylic acids is 1. The number of hydrogen-bond acceptors (Lipinski definition) is 4. The van der Waals surface area contributed by atoms with E-state index < -0.39 is 41.5 Å². The van der Waals surface area contributed by atoms with Crippen molar-refractivity contribution in [2.45, 2.75) is 51.1 Å². The molecule has 0 aromatic heterocycles. The number of alkyl halides is 3. The molecule has 0 radical (unpaired) electrons. The maximum absolute atomic E-state index is 12.9. The first-order chi connectivity index (χ1) is 12.3. The van der Waals surface area contributed by atoms with Crippen LogP contribution in [0.1, 0.15) is 32.8 Å². The summed E-state index contributed by atoms with van der Waals surface area (Å²) in [6.07, 6.45) is -6.37. The number of carboxylic acid groups (broad SMARTS) is 1. The molecule has 150 valence electrons. The lowest BCUT2D eigenvalue weighted by atomic mass is 10.2. The van der Waals surface area contributed by atoms with Crippen molar-refractivity contribution in [2.24, 2.45) is 0 Å². The van der Waals surface area contributed by atoms with Crippen molar-refractivity contribution in [1.82, 2.24) is 4.90 Å². The molecule has 1 aliphatic rings. The lowest BCUT2D eigenvalue weighted by Gasteiger charge is -2.26. The van der Waals surface area contributed by atoms with Crippen LogP contribution in [0.15, 0.2) is 18.2 Å². The molecule has 0 saturated carbocycles. The summed E-state index contributed by atoms with van der Waals surface area (Å²) in [6, 6.07) is 1.40. The second-order valence-electron chi connectivity index (χ2n) is 7.11. The molecule has 1 N–H and O–H groups in total. The highest BCUT2D eigenvalue weighted by molar-refractivity contribution is 6.32. The van der Waals surface area contributed by atoms with Gasteiger partial charge in [0.15, 0.2) is 0 Å². The van der Waals surface area contributed by atoms with Crippen LogP contribution < -0.4 is 4.74 Å². The minimum atomic E-state index is -4.58. The molecule has 0 unspecified atom stereocenters. The Morgan fingerprint density at radius 3 is 2.41 bits per heavy atom. The highest BCUT2D eigenvalue weighted by Crippen LogP contribution is 2.36. The Bertz CT molecular complexity index is 732. The van der Waals surface area contributed by atoms with Gasteiger partial charge in [-0.15, -0.1) is 0 Å². The Labute approximate surface area is 158 Å². The first-order valence-corrected chi connectivity index (χ1v) is 8.41. The number of carboxylic acids is 1. The van der Waals surface area contributed by atoms with Gasteiger partial charge in [-0.3, -0.25) is 4.90 Å². The fourth-order valence-electron chi connectivity index (χ4n) is 2.59. The van der Waals surface area contributed by atoms with Crippen molar-refractivity contribution in [3.63, 3.8) is 0 Å². The summed E-state index contributed by atoms with van der Waals surface area (Å²) < 4.78 is 49.3. The fraction of sp³-hybridized carbons (Fsp3) is 0.529. The highest BCUT2D eigenvalue weighted by atomic mass is 35.5. The molecular formula is C17H19ClF3NO5. The second-order valence-corrected chi connectivity index (χ2v) is 7.51. The number of halogens is 4. The van der Waals surface area contributed by atoms with E-state index in [1.807, 2.05) is 0 Å². The molecule has 1 fully saturated rings. The molecule has 10 heteroatoms. The zero-order valence-electron chi connectivity index (χ0n) is 14.8. The van der Waals surface area contributed by atoms with Gasteiger partial charge in [-0.05, 0) is 39.0 Å². The van der Waals surface area contributed by atoms with E-state index in [1.165, 1.54) is 0 Å². The molecule has 1 heterocycles. The van der Waals surface area contributed by atoms with Gasteiger partial charge >= 0.3 is 18.2 Å². The molecule has 2 atom stereocenters. The highest BCUT2D eigenvalue weighted by Gasteiger charge is 2.43. The van der Waals surface area contributed by atoms with Gasteiger partial charge in [0.05, 0.1) is 17.1 Å². The van der Waals surface area contributed by atoms with Gasteiger partial charge in [0.25, 0.3) is 0 Å². The molecule has 1 aliphatic heterocycles. The molecule has 0 aliphatic carbocycles. The van der Waals surface area contributed by atoms with Gasteiger partial charge in [0.2, 0.25) is 0 Å². The first-order valence-electron chi connectivity index (χ1n) is 8.04. The average molecular weight is 410 g/mol. The molecule has 2 rings (SSSR count). The number of nitrogens with zero attached hydrogens (tertiary/aromatic N) is 1. The number of hydrogen-bond donors (Lipinski definition) is 1. The molecule has 6 nitrogen and oxygen atoms in total. The van der Waals surface area contributed by atoms with Crippen LogP contribution in [0.2, 0.25) is 5.02 Å². The third-order valence-corrected chi connectivity index (χ3v) is 4.04. The van der Waals surface area contributed by atoms with E-state index in [-0.39, 0.29) is 23.7 Å². The third-order valence-electron chi connectivity index (χ3n) is 3.73. The maximum Gasteiger partial charge on any atom is 0.416 e. The first kappa shape index (κ1) is 21.1. The fourth-order valence-corrected chi connectivity index (χ4v) is 2.75. The van der Waals surface area contributed by atoms with Gasteiger partial charge in [-0.1, -0.05) is 11.6 Å². The molecule has 1 amide bonds. The summed E-state index contributed by atoms with van der Waals surface area (Å²) in [5.41, 5.74) is -1.78. The molecule has 0 bridgehead atoms. The third kappa shape index (κ3) is 5.41. The number of carbonyl (C=O) groups is 2. The summed E-state index contributed by atoms with van der Waals surface area (Å²) in [7, 11) is 0. The van der Waals surface area contributed by atoms with Crippen molar-refractivity contribution in [2.75, 3.05) is 6.54 Å². The SMILES string of the molecule is CC(C)(C)OC(=O)N1C[C@H](Oc2cc(C(F)(F)F)ccc2Cl)C[C@H]1C(=O)O. The van der Waals surface area contributed by atoms with E-state index in [1.54, 1.807) is 20.8 Å². The van der Waals surface area contributed by atoms with E-state index in [9.17, 15) is 27.9 Å². The largest absolute Gasteiger partial charge is 0.487 e. The normalized spacial score (nSPS) is 20.5. The zero-order valence-corrected chi connectivity index (χ0v) is 15.6. The Morgan fingerprint density at radius 2 is 1.89 bits per heavy atom. The second kappa shape index (κ2) is 7.46. The van der Waals surface area contributed by atoms with Crippen molar-refractivity contribution in [3.05, 3.63) is 28.8 Å². The average Bonchev–Trinajstić information content (AvgIpc) is 2.91. The van der Waals surface area contributed by atoms with Crippen LogP contribution in [-0.4, -0.2) is 46.4 Å². The number of carbonyl (C=O) groups excluding carboxylic acids is 1. The van der Waals surface area contributed by atoms with Crippen LogP contribution in [0, 0.1) is 0 Å². The number of amides is 1. The van der Waals surface area contributed by atoms with Gasteiger partial charge in [0, 0.05) is 6.42 Å². The van der Waals surface area contributed by atoms with Gasteiger partial charge in [-0.2, -0.15) is 13.2 Å². The predicted molar refractivity (Wildman–Crippen MR) is 89.9 cm³/mol. The van der Waals surface area contributed by atoms with Crippen molar-refractivity contribution >= 4 is 23.7 Å². The van der Waals surface area contributed by atoms with Gasteiger partial charge in [0.1, 0.15) is 23.5 Å². The van der Waals surface area contributed by atoms with Crippen LogP contribution in [0.25, 0.3) is 0 Å². The lowest BCUT2D eigenvalue weighted by Crippen LogP contribution is -2.43. The predicted octanol–water partition coefficient (Wildman–Crippen LogP) is 4.20. The lowest BCUT2D eigenvalue weighted by molar-refractivity contribution is -0.142. The maximum atomic E-state index is 12.9. The Hall–Kier alpha value is -2.16. The van der Waals surface area contributed by atoms with Crippen molar-refractivity contribution in [1.29, 1.82) is 0 Å². The van der Waals surface area contributed by atoms with E-state index in [0.29, 0.717) is 0 Å². The zero-order chi connectivity index (χ0) is 20.6. The number of rotatable bonds is 3. The monoisotopic (exact) mass is 409 g/mol. The summed E-state index contributed by atoms with van der Waals surface area (Å²) in [4.78, 5) is 24.7. The van der Waals surface area contributed by atoms with Crippen LogP contribution >= 0.6 is 11.6 Å². The minimum Gasteiger partial charge on any atom is -0.487 e. The van der Waals surface area contributed by atoms with Crippen molar-refractivity contribution < 1.29 is 37.3 Å². The molecular weight excluding hydrogens is 391 g/mol. The summed E-state index contributed by atoms with van der Waals surface area (Å²) >= 11 is 5.90. The van der Waals surface area contributed by atoms with E-state index >= 15 is 0 Å². The van der Waals surface area contributed by atoms with Crippen LogP contribution in [0.5, 0.6) is 5.75 Å². The Kier molecular flexibility index (Phi) is 5.84.